The lowest BCUT2D eigenvalue weighted by atomic mass is 10.2. The number of hydrogen-bond donors (Lipinski definition) is 1. The van der Waals surface area contributed by atoms with E-state index < -0.39 is 35.5 Å². The molecule has 0 bridgehead atoms. The van der Waals surface area contributed by atoms with E-state index in [2.05, 4.69) is 15.4 Å². The molecule has 126 valence electrons. The maximum Gasteiger partial charge on any atom is 0.365 e. The molecule has 0 saturated carbocycles. The van der Waals surface area contributed by atoms with Crippen molar-refractivity contribution < 1.29 is 13.6 Å². The lowest BCUT2D eigenvalue weighted by molar-refractivity contribution is -0.117. The van der Waals surface area contributed by atoms with Gasteiger partial charge in [-0.15, -0.1) is 0 Å². The molecule has 0 aliphatic carbocycles. The minimum atomic E-state index is -0.911. The third kappa shape index (κ3) is 3.74. The fourth-order valence-corrected chi connectivity index (χ4v) is 2.15. The molecule has 0 saturated heterocycles. The van der Waals surface area contributed by atoms with Gasteiger partial charge in [-0.2, -0.15) is 10.1 Å². The van der Waals surface area contributed by atoms with Crippen LogP contribution in [0, 0.1) is 11.6 Å². The van der Waals surface area contributed by atoms with Crippen LogP contribution >= 0.6 is 0 Å². The number of anilines is 1. The molecule has 1 N–H and O–H groups in total. The lowest BCUT2D eigenvalue weighted by Gasteiger charge is -2.08. The number of carbonyl (C=O) groups is 1. The van der Waals surface area contributed by atoms with Crippen molar-refractivity contribution in [3.8, 4) is 11.3 Å². The van der Waals surface area contributed by atoms with Gasteiger partial charge in [0.1, 0.15) is 23.9 Å². The number of aromatic nitrogens is 3. The SMILES string of the molecule is O=C(Cn1ncc(-c2ccccc2)nc1=O)Nc1c(F)cccc1F. The Morgan fingerprint density at radius 3 is 2.36 bits per heavy atom. The molecule has 2 aromatic carbocycles. The van der Waals surface area contributed by atoms with E-state index in [1.54, 1.807) is 24.3 Å². The maximum absolute atomic E-state index is 13.5. The van der Waals surface area contributed by atoms with Crippen molar-refractivity contribution in [1.82, 2.24) is 14.8 Å². The molecular weight excluding hydrogens is 330 g/mol. The minimum absolute atomic E-state index is 0.363. The Kier molecular flexibility index (Phi) is 4.60. The van der Waals surface area contributed by atoms with Crippen molar-refractivity contribution in [3.05, 3.63) is 76.8 Å². The number of carbonyl (C=O) groups excluding carboxylic acids is 1. The number of nitrogens with one attached hydrogen (secondary N) is 1. The first-order valence-corrected chi connectivity index (χ1v) is 7.28. The van der Waals surface area contributed by atoms with E-state index in [1.165, 1.54) is 12.3 Å². The number of amides is 1. The molecule has 25 heavy (non-hydrogen) atoms. The third-order valence-electron chi connectivity index (χ3n) is 3.35. The third-order valence-corrected chi connectivity index (χ3v) is 3.35. The van der Waals surface area contributed by atoms with Crippen molar-refractivity contribution in [3.63, 3.8) is 0 Å². The molecule has 0 atom stereocenters. The van der Waals surface area contributed by atoms with Crippen molar-refractivity contribution in [2.75, 3.05) is 5.32 Å². The van der Waals surface area contributed by atoms with Crippen LogP contribution in [0.3, 0.4) is 0 Å². The van der Waals surface area contributed by atoms with Gasteiger partial charge in [-0.25, -0.2) is 18.3 Å². The number of nitrogens with zero attached hydrogens (tertiary/aromatic N) is 3. The first-order chi connectivity index (χ1) is 12.0. The maximum atomic E-state index is 13.5. The Morgan fingerprint density at radius 2 is 1.72 bits per heavy atom. The first-order valence-electron chi connectivity index (χ1n) is 7.28. The van der Waals surface area contributed by atoms with E-state index in [0.717, 1.165) is 16.8 Å². The highest BCUT2D eigenvalue weighted by atomic mass is 19.1. The van der Waals surface area contributed by atoms with Crippen LogP contribution in [-0.2, 0) is 11.3 Å². The fourth-order valence-electron chi connectivity index (χ4n) is 2.15. The van der Waals surface area contributed by atoms with Gasteiger partial charge < -0.3 is 5.32 Å². The van der Waals surface area contributed by atoms with E-state index in [9.17, 15) is 18.4 Å². The summed E-state index contributed by atoms with van der Waals surface area (Å²) in [5.74, 6) is -2.62. The molecule has 3 aromatic rings. The van der Waals surface area contributed by atoms with Gasteiger partial charge in [0, 0.05) is 5.56 Å². The molecule has 0 aliphatic rings. The fraction of sp³-hybridized carbons (Fsp3) is 0.0588. The zero-order chi connectivity index (χ0) is 17.8. The van der Waals surface area contributed by atoms with E-state index in [-0.39, 0.29) is 0 Å². The Bertz CT molecular complexity index is 954. The van der Waals surface area contributed by atoms with Gasteiger partial charge in [0.25, 0.3) is 0 Å². The number of halogens is 2. The number of hydrogen-bond acceptors (Lipinski definition) is 4. The molecule has 0 spiro atoms. The van der Waals surface area contributed by atoms with Gasteiger partial charge in [-0.3, -0.25) is 4.79 Å². The molecule has 0 fully saturated rings. The molecule has 6 nitrogen and oxygen atoms in total. The summed E-state index contributed by atoms with van der Waals surface area (Å²) >= 11 is 0. The molecule has 8 heteroatoms. The number of para-hydroxylation sites is 1. The Labute approximate surface area is 140 Å². The highest BCUT2D eigenvalue weighted by Crippen LogP contribution is 2.17. The van der Waals surface area contributed by atoms with Crippen LogP contribution in [0.1, 0.15) is 0 Å². The summed E-state index contributed by atoms with van der Waals surface area (Å²) in [5.41, 5.74) is -0.251. The van der Waals surface area contributed by atoms with Gasteiger partial charge in [0.2, 0.25) is 5.91 Å². The van der Waals surface area contributed by atoms with E-state index in [1.807, 2.05) is 6.07 Å². The summed E-state index contributed by atoms with van der Waals surface area (Å²) in [4.78, 5) is 27.8. The average Bonchev–Trinajstić information content (AvgIpc) is 2.61. The lowest BCUT2D eigenvalue weighted by Crippen LogP contribution is -2.31. The second-order valence-electron chi connectivity index (χ2n) is 5.09. The molecule has 0 unspecified atom stereocenters. The molecule has 3 rings (SSSR count). The highest BCUT2D eigenvalue weighted by molar-refractivity contribution is 5.90. The van der Waals surface area contributed by atoms with Crippen LogP contribution in [0.2, 0.25) is 0 Å². The van der Waals surface area contributed by atoms with Crippen LogP contribution in [0.5, 0.6) is 0 Å². The van der Waals surface area contributed by atoms with Gasteiger partial charge in [0.05, 0.1) is 11.9 Å². The van der Waals surface area contributed by atoms with Crippen LogP contribution in [0.25, 0.3) is 11.3 Å². The largest absolute Gasteiger partial charge is 0.365 e. The average molecular weight is 342 g/mol. The monoisotopic (exact) mass is 342 g/mol. The summed E-state index contributed by atoms with van der Waals surface area (Å²) < 4.78 is 27.8. The normalized spacial score (nSPS) is 10.5. The Morgan fingerprint density at radius 1 is 1.04 bits per heavy atom. The van der Waals surface area contributed by atoms with Crippen molar-refractivity contribution in [2.24, 2.45) is 0 Å². The zero-order valence-electron chi connectivity index (χ0n) is 12.8. The smallest absolute Gasteiger partial charge is 0.320 e. The van der Waals surface area contributed by atoms with Crippen molar-refractivity contribution in [1.29, 1.82) is 0 Å². The Balaban J connectivity index is 1.77. The predicted molar refractivity (Wildman–Crippen MR) is 86.7 cm³/mol. The van der Waals surface area contributed by atoms with Crippen LogP contribution in [0.4, 0.5) is 14.5 Å². The van der Waals surface area contributed by atoms with E-state index in [4.69, 9.17) is 0 Å². The number of benzene rings is 2. The zero-order valence-corrected chi connectivity index (χ0v) is 12.8. The second-order valence-corrected chi connectivity index (χ2v) is 5.09. The van der Waals surface area contributed by atoms with Gasteiger partial charge in [0.15, 0.2) is 0 Å². The van der Waals surface area contributed by atoms with Gasteiger partial charge in [-0.05, 0) is 12.1 Å². The first kappa shape index (κ1) is 16.4. The van der Waals surface area contributed by atoms with Crippen LogP contribution in [-0.4, -0.2) is 20.7 Å². The summed E-state index contributed by atoms with van der Waals surface area (Å²) in [6.07, 6.45) is 1.34. The highest BCUT2D eigenvalue weighted by Gasteiger charge is 2.14. The number of rotatable bonds is 4. The predicted octanol–water partition coefficient (Wildman–Crippen LogP) is 2.22. The summed E-state index contributed by atoms with van der Waals surface area (Å²) in [6.45, 7) is -0.519. The molecule has 0 radical (unpaired) electrons. The molecule has 1 heterocycles. The van der Waals surface area contributed by atoms with Crippen LogP contribution < -0.4 is 11.0 Å². The van der Waals surface area contributed by atoms with Crippen LogP contribution in [0.15, 0.2) is 59.5 Å². The summed E-state index contributed by atoms with van der Waals surface area (Å²) in [5, 5.41) is 5.96. The van der Waals surface area contributed by atoms with Gasteiger partial charge in [-0.1, -0.05) is 36.4 Å². The molecule has 0 aliphatic heterocycles. The Hall–Kier alpha value is -3.42. The molecule has 1 amide bonds. The molecule has 1 aromatic heterocycles. The van der Waals surface area contributed by atoms with Crippen molar-refractivity contribution >= 4 is 11.6 Å². The minimum Gasteiger partial charge on any atom is -0.320 e. The van der Waals surface area contributed by atoms with Crippen molar-refractivity contribution in [2.45, 2.75) is 6.54 Å². The second kappa shape index (κ2) is 7.00. The van der Waals surface area contributed by atoms with E-state index >= 15 is 0 Å². The standard InChI is InChI=1S/C17H12F2N4O2/c18-12-7-4-8-13(19)16(12)22-15(24)10-23-17(25)21-14(9-20-23)11-5-2-1-3-6-11/h1-9H,10H2,(H,22,24). The molecular formula is C17H12F2N4O2. The summed E-state index contributed by atoms with van der Waals surface area (Å²) in [6, 6.07) is 12.1. The van der Waals surface area contributed by atoms with E-state index in [0.29, 0.717) is 11.3 Å². The topological polar surface area (TPSA) is 76.9 Å². The summed E-state index contributed by atoms with van der Waals surface area (Å²) in [7, 11) is 0. The quantitative estimate of drug-likeness (QED) is 0.789. The van der Waals surface area contributed by atoms with Gasteiger partial charge >= 0.3 is 5.69 Å².